The maximum Gasteiger partial charge on any atom is 0.247 e. The number of pyridine rings is 1. The van der Waals surface area contributed by atoms with Gasteiger partial charge in [0, 0.05) is 35.3 Å². The molecule has 8 heteroatoms. The van der Waals surface area contributed by atoms with E-state index >= 15 is 0 Å². The molecular formula is C20H14FN5O2. The molecule has 2 N–H and O–H groups in total. The topological polar surface area (TPSA) is 92.8 Å². The molecule has 1 amide bonds. The number of fused-ring (bicyclic) bond motifs is 1. The van der Waals surface area contributed by atoms with Crippen LogP contribution in [0.2, 0.25) is 0 Å². The number of H-pyrrole nitrogens is 1. The fourth-order valence-corrected chi connectivity index (χ4v) is 2.65. The number of hydrogen-bond acceptors (Lipinski definition) is 5. The van der Waals surface area contributed by atoms with Gasteiger partial charge in [-0.3, -0.25) is 9.78 Å². The van der Waals surface area contributed by atoms with Crippen LogP contribution in [-0.4, -0.2) is 25.8 Å². The number of aromatic amines is 1. The fourth-order valence-electron chi connectivity index (χ4n) is 2.65. The highest BCUT2D eigenvalue weighted by molar-refractivity contribution is 5.99. The lowest BCUT2D eigenvalue weighted by Crippen LogP contribution is -2.07. The molecule has 0 unspecified atom stereocenters. The van der Waals surface area contributed by atoms with Gasteiger partial charge >= 0.3 is 0 Å². The van der Waals surface area contributed by atoms with Crippen molar-refractivity contribution < 1.29 is 13.9 Å². The fraction of sp³-hybridized carbons (Fsp3) is 0. The summed E-state index contributed by atoms with van der Waals surface area (Å²) in [6, 6.07) is 8.22. The largest absolute Gasteiger partial charge is 0.437 e. The predicted octanol–water partition coefficient (Wildman–Crippen LogP) is 4.08. The highest BCUT2D eigenvalue weighted by atomic mass is 19.1. The van der Waals surface area contributed by atoms with Crippen LogP contribution in [0.3, 0.4) is 0 Å². The lowest BCUT2D eigenvalue weighted by molar-refractivity contribution is -0.111. The zero-order valence-corrected chi connectivity index (χ0v) is 14.5. The average Bonchev–Trinajstić information content (AvgIpc) is 3.11. The zero-order chi connectivity index (χ0) is 19.5. The Morgan fingerprint density at radius 3 is 2.96 bits per heavy atom. The molecule has 3 heterocycles. The molecule has 0 aliphatic rings. The molecule has 0 saturated carbocycles. The van der Waals surface area contributed by atoms with Crippen LogP contribution >= 0.6 is 0 Å². The Labute approximate surface area is 158 Å². The minimum Gasteiger partial charge on any atom is -0.437 e. The zero-order valence-electron chi connectivity index (χ0n) is 14.5. The van der Waals surface area contributed by atoms with Gasteiger partial charge in [0.2, 0.25) is 11.8 Å². The summed E-state index contributed by atoms with van der Waals surface area (Å²) in [6.45, 7) is 3.42. The number of rotatable bonds is 5. The minimum absolute atomic E-state index is 0.255. The van der Waals surface area contributed by atoms with E-state index in [9.17, 15) is 9.18 Å². The molecule has 0 bridgehead atoms. The van der Waals surface area contributed by atoms with Crippen molar-refractivity contribution in [3.05, 3.63) is 73.6 Å². The molecule has 138 valence electrons. The van der Waals surface area contributed by atoms with E-state index in [2.05, 4.69) is 31.8 Å². The van der Waals surface area contributed by atoms with E-state index in [1.165, 1.54) is 18.3 Å². The van der Waals surface area contributed by atoms with Crippen LogP contribution in [0.1, 0.15) is 0 Å². The number of nitrogens with zero attached hydrogens (tertiary/aromatic N) is 3. The van der Waals surface area contributed by atoms with E-state index in [-0.39, 0.29) is 11.8 Å². The van der Waals surface area contributed by atoms with Crippen LogP contribution < -0.4 is 10.1 Å². The first kappa shape index (κ1) is 17.3. The van der Waals surface area contributed by atoms with Crippen LogP contribution in [0, 0.1) is 5.82 Å². The number of aromatic nitrogens is 4. The number of nitrogens with one attached hydrogen (secondary N) is 2. The van der Waals surface area contributed by atoms with Gasteiger partial charge in [0.05, 0.1) is 12.4 Å². The average molecular weight is 375 g/mol. The molecule has 4 aromatic rings. The third-order valence-corrected chi connectivity index (χ3v) is 3.88. The van der Waals surface area contributed by atoms with Gasteiger partial charge in [0.25, 0.3) is 0 Å². The molecule has 0 radical (unpaired) electrons. The number of anilines is 1. The van der Waals surface area contributed by atoms with E-state index in [1.54, 1.807) is 36.7 Å². The summed E-state index contributed by atoms with van der Waals surface area (Å²) in [5.41, 5.74) is 2.86. The van der Waals surface area contributed by atoms with Crippen molar-refractivity contribution in [2.24, 2.45) is 0 Å². The third-order valence-electron chi connectivity index (χ3n) is 3.88. The quantitative estimate of drug-likeness (QED) is 0.513. The van der Waals surface area contributed by atoms with Crippen LogP contribution in [0.25, 0.3) is 22.3 Å². The maximum absolute atomic E-state index is 13.5. The molecule has 3 aromatic heterocycles. The number of halogens is 1. The lowest BCUT2D eigenvalue weighted by atomic mass is 10.1. The first-order valence-electron chi connectivity index (χ1n) is 8.29. The second-order valence-corrected chi connectivity index (χ2v) is 5.82. The Bertz CT molecular complexity index is 1190. The van der Waals surface area contributed by atoms with Crippen molar-refractivity contribution in [2.45, 2.75) is 0 Å². The number of benzene rings is 1. The standard InChI is InChI=1S/C20H14FN5O2/c1-2-17(27)25-14-4-3-5-15(7-14)28-18-11-24-20-19(26-18)16(10-23-20)12-6-13(21)9-22-8-12/h2-11H,1H2,(H,23,24)(H,25,27). The van der Waals surface area contributed by atoms with Gasteiger partial charge in [-0.25, -0.2) is 14.4 Å². The second-order valence-electron chi connectivity index (χ2n) is 5.82. The Hall–Kier alpha value is -4.07. The lowest BCUT2D eigenvalue weighted by Gasteiger charge is -2.07. The summed E-state index contributed by atoms with van der Waals surface area (Å²) < 4.78 is 19.3. The first-order valence-corrected chi connectivity index (χ1v) is 8.29. The number of carbonyl (C=O) groups is 1. The summed E-state index contributed by atoms with van der Waals surface area (Å²) in [7, 11) is 0. The van der Waals surface area contributed by atoms with Crippen molar-refractivity contribution >= 4 is 22.8 Å². The van der Waals surface area contributed by atoms with Crippen LogP contribution in [0.5, 0.6) is 11.6 Å². The number of amides is 1. The Kier molecular flexibility index (Phi) is 4.51. The Morgan fingerprint density at radius 2 is 2.14 bits per heavy atom. The maximum atomic E-state index is 13.5. The third kappa shape index (κ3) is 3.56. The summed E-state index contributed by atoms with van der Waals surface area (Å²) >= 11 is 0. The van der Waals surface area contributed by atoms with Gasteiger partial charge in [-0.05, 0) is 24.3 Å². The van der Waals surface area contributed by atoms with Gasteiger partial charge in [0.15, 0.2) is 5.65 Å². The van der Waals surface area contributed by atoms with E-state index in [4.69, 9.17) is 4.74 Å². The van der Waals surface area contributed by atoms with E-state index in [0.717, 1.165) is 6.20 Å². The van der Waals surface area contributed by atoms with Crippen molar-refractivity contribution in [3.8, 4) is 22.8 Å². The molecule has 0 spiro atoms. The van der Waals surface area contributed by atoms with Crippen molar-refractivity contribution in [2.75, 3.05) is 5.32 Å². The first-order chi connectivity index (χ1) is 13.6. The van der Waals surface area contributed by atoms with Gasteiger partial charge in [-0.15, -0.1) is 0 Å². The molecule has 4 rings (SSSR count). The molecule has 7 nitrogen and oxygen atoms in total. The highest BCUT2D eigenvalue weighted by Gasteiger charge is 2.12. The van der Waals surface area contributed by atoms with E-state index in [0.29, 0.717) is 33.7 Å². The summed E-state index contributed by atoms with van der Waals surface area (Å²) in [5, 5.41) is 2.66. The Balaban J connectivity index is 1.65. The molecule has 0 aliphatic carbocycles. The SMILES string of the molecule is C=CC(=O)Nc1cccc(Oc2cnc3[nH]cc(-c4cncc(F)c4)c3n2)c1. The number of hydrogen-bond donors (Lipinski definition) is 2. The van der Waals surface area contributed by atoms with Crippen LogP contribution in [-0.2, 0) is 4.79 Å². The molecule has 28 heavy (non-hydrogen) atoms. The Morgan fingerprint density at radius 1 is 1.25 bits per heavy atom. The van der Waals surface area contributed by atoms with E-state index < -0.39 is 5.82 Å². The van der Waals surface area contributed by atoms with Crippen molar-refractivity contribution in [1.29, 1.82) is 0 Å². The summed E-state index contributed by atoms with van der Waals surface area (Å²) in [6.07, 6.45) is 7.03. The second kappa shape index (κ2) is 7.28. The van der Waals surface area contributed by atoms with Gasteiger partial charge in [-0.1, -0.05) is 12.6 Å². The highest BCUT2D eigenvalue weighted by Crippen LogP contribution is 2.29. The van der Waals surface area contributed by atoms with Gasteiger partial charge in [-0.2, -0.15) is 0 Å². The molecular weight excluding hydrogens is 361 g/mol. The molecule has 0 atom stereocenters. The number of ether oxygens (including phenoxy) is 1. The normalized spacial score (nSPS) is 10.6. The molecule has 1 aromatic carbocycles. The number of carbonyl (C=O) groups excluding carboxylic acids is 1. The molecule has 0 fully saturated rings. The van der Waals surface area contributed by atoms with Crippen LogP contribution in [0.15, 0.2) is 67.8 Å². The predicted molar refractivity (Wildman–Crippen MR) is 102 cm³/mol. The monoisotopic (exact) mass is 375 g/mol. The smallest absolute Gasteiger partial charge is 0.247 e. The summed E-state index contributed by atoms with van der Waals surface area (Å²) in [4.78, 5) is 27.1. The van der Waals surface area contributed by atoms with E-state index in [1.807, 2.05) is 0 Å². The molecule has 0 aliphatic heterocycles. The van der Waals surface area contributed by atoms with Gasteiger partial charge < -0.3 is 15.0 Å². The summed E-state index contributed by atoms with van der Waals surface area (Å²) in [5.74, 6) is -0.0328. The molecule has 0 saturated heterocycles. The van der Waals surface area contributed by atoms with Gasteiger partial charge in [0.1, 0.15) is 17.1 Å². The van der Waals surface area contributed by atoms with Crippen molar-refractivity contribution in [3.63, 3.8) is 0 Å². The van der Waals surface area contributed by atoms with Crippen molar-refractivity contribution in [1.82, 2.24) is 19.9 Å². The minimum atomic E-state index is -0.439. The van der Waals surface area contributed by atoms with Crippen LogP contribution in [0.4, 0.5) is 10.1 Å².